The molecule has 2 aliphatic heterocycles. The van der Waals surface area contributed by atoms with Gasteiger partial charge >= 0.3 is 6.18 Å². The SMILES string of the molecule is O=C(CCc1ccc(C(F)(F)F)cn1)N1C[C@@H]2CN(C(=O)c3ccc4[nH]nnc4c3)C[C@H]2C1. The minimum absolute atomic E-state index is 0.0412. The van der Waals surface area contributed by atoms with Crippen molar-refractivity contribution < 1.29 is 22.8 Å². The molecule has 33 heavy (non-hydrogen) atoms. The smallest absolute Gasteiger partial charge is 0.342 e. The highest BCUT2D eigenvalue weighted by atomic mass is 19.4. The number of carbonyl (C=O) groups excluding carboxylic acids is 2. The van der Waals surface area contributed by atoms with E-state index in [4.69, 9.17) is 0 Å². The molecule has 2 amide bonds. The van der Waals surface area contributed by atoms with Crippen LogP contribution in [0.5, 0.6) is 0 Å². The van der Waals surface area contributed by atoms with Crippen molar-refractivity contribution in [2.45, 2.75) is 19.0 Å². The maximum absolute atomic E-state index is 12.9. The van der Waals surface area contributed by atoms with Gasteiger partial charge in [-0.1, -0.05) is 5.21 Å². The fraction of sp³-hybridized carbons (Fsp3) is 0.409. The van der Waals surface area contributed by atoms with Crippen LogP contribution in [0.25, 0.3) is 11.0 Å². The largest absolute Gasteiger partial charge is 0.417 e. The summed E-state index contributed by atoms with van der Waals surface area (Å²) < 4.78 is 37.9. The first kappa shape index (κ1) is 21.4. The molecule has 2 fully saturated rings. The third-order valence-corrected chi connectivity index (χ3v) is 6.45. The number of benzene rings is 1. The number of nitrogens with one attached hydrogen (secondary N) is 1. The first-order valence-corrected chi connectivity index (χ1v) is 10.7. The Balaban J connectivity index is 1.13. The van der Waals surface area contributed by atoms with Crippen LogP contribution in [0.3, 0.4) is 0 Å². The lowest BCUT2D eigenvalue weighted by Crippen LogP contribution is -2.35. The van der Waals surface area contributed by atoms with Crippen LogP contribution in [0.4, 0.5) is 13.2 Å². The zero-order valence-corrected chi connectivity index (χ0v) is 17.5. The summed E-state index contributed by atoms with van der Waals surface area (Å²) in [6, 6.07) is 7.56. The van der Waals surface area contributed by atoms with E-state index in [2.05, 4.69) is 20.4 Å². The second-order valence-corrected chi connectivity index (χ2v) is 8.61. The first-order chi connectivity index (χ1) is 15.8. The van der Waals surface area contributed by atoms with Crippen molar-refractivity contribution in [1.82, 2.24) is 30.2 Å². The topological polar surface area (TPSA) is 95.1 Å². The number of H-pyrrole nitrogens is 1. The summed E-state index contributed by atoms with van der Waals surface area (Å²) in [4.78, 5) is 33.0. The van der Waals surface area contributed by atoms with Gasteiger partial charge in [0, 0.05) is 61.9 Å². The fourth-order valence-electron chi connectivity index (χ4n) is 4.65. The molecule has 2 atom stereocenters. The summed E-state index contributed by atoms with van der Waals surface area (Å²) in [6.07, 6.45) is -3.14. The molecule has 0 aliphatic carbocycles. The number of likely N-dealkylation sites (tertiary alicyclic amines) is 2. The predicted molar refractivity (Wildman–Crippen MR) is 111 cm³/mol. The lowest BCUT2D eigenvalue weighted by Gasteiger charge is -2.22. The van der Waals surface area contributed by atoms with Crippen LogP contribution in [0, 0.1) is 11.8 Å². The molecule has 0 unspecified atom stereocenters. The highest BCUT2D eigenvalue weighted by Crippen LogP contribution is 2.33. The van der Waals surface area contributed by atoms with Gasteiger partial charge in [-0.05, 0) is 36.8 Å². The van der Waals surface area contributed by atoms with Crippen LogP contribution in [0.1, 0.15) is 28.0 Å². The zero-order chi connectivity index (χ0) is 23.2. The Morgan fingerprint density at radius 2 is 1.76 bits per heavy atom. The van der Waals surface area contributed by atoms with E-state index in [1.807, 2.05) is 4.90 Å². The normalized spacial score (nSPS) is 20.5. The molecule has 0 bridgehead atoms. The van der Waals surface area contributed by atoms with Gasteiger partial charge in [0.1, 0.15) is 5.52 Å². The minimum Gasteiger partial charge on any atom is -0.342 e. The van der Waals surface area contributed by atoms with E-state index in [0.29, 0.717) is 43.0 Å². The van der Waals surface area contributed by atoms with Crippen LogP contribution in [0.15, 0.2) is 36.5 Å². The molecule has 5 rings (SSSR count). The summed E-state index contributed by atoms with van der Waals surface area (Å²) in [5.74, 6) is 0.344. The Kier molecular flexibility index (Phi) is 5.26. The minimum atomic E-state index is -4.42. The van der Waals surface area contributed by atoms with Gasteiger partial charge in [0.05, 0.1) is 11.1 Å². The first-order valence-electron chi connectivity index (χ1n) is 10.7. The van der Waals surface area contributed by atoms with Gasteiger partial charge in [-0.2, -0.15) is 13.2 Å². The van der Waals surface area contributed by atoms with E-state index >= 15 is 0 Å². The Labute approximate surface area is 186 Å². The molecule has 2 saturated heterocycles. The summed E-state index contributed by atoms with van der Waals surface area (Å²) in [7, 11) is 0. The Bertz CT molecular complexity index is 1180. The third kappa shape index (κ3) is 4.27. The van der Waals surface area contributed by atoms with E-state index in [9.17, 15) is 22.8 Å². The van der Waals surface area contributed by atoms with E-state index < -0.39 is 11.7 Å². The third-order valence-electron chi connectivity index (χ3n) is 6.45. The van der Waals surface area contributed by atoms with E-state index in [1.54, 1.807) is 23.1 Å². The van der Waals surface area contributed by atoms with Crippen LogP contribution in [0.2, 0.25) is 0 Å². The number of hydrogen-bond acceptors (Lipinski definition) is 5. The number of aryl methyl sites for hydroxylation is 1. The summed E-state index contributed by atoms with van der Waals surface area (Å²) >= 11 is 0. The number of rotatable bonds is 4. The van der Waals surface area contributed by atoms with Gasteiger partial charge in [0.2, 0.25) is 5.91 Å². The number of aromatic amines is 1. The lowest BCUT2D eigenvalue weighted by molar-refractivity contribution is -0.138. The maximum Gasteiger partial charge on any atom is 0.417 e. The molecule has 8 nitrogen and oxygen atoms in total. The number of hydrogen-bond donors (Lipinski definition) is 1. The number of carbonyl (C=O) groups is 2. The molecule has 3 aromatic rings. The fourth-order valence-corrected chi connectivity index (χ4v) is 4.65. The molecular formula is C22H21F3N6O2. The van der Waals surface area contributed by atoms with Gasteiger partial charge in [0.25, 0.3) is 5.91 Å². The zero-order valence-electron chi connectivity index (χ0n) is 17.5. The standard InChI is InChI=1S/C22H21F3N6O2/c23-22(24,25)16-2-3-17(26-8-16)4-6-20(32)30-9-14-11-31(12-15(14)10-30)21(33)13-1-5-18-19(7-13)28-29-27-18/h1-3,5,7-8,14-15H,4,6,9-12H2,(H,27,28,29)/t14-,15-/m1/s1. The number of aromatic nitrogens is 4. The summed E-state index contributed by atoms with van der Waals surface area (Å²) in [5.41, 5.74) is 1.62. The molecule has 2 aliphatic rings. The average molecular weight is 458 g/mol. The van der Waals surface area contributed by atoms with Crippen LogP contribution >= 0.6 is 0 Å². The van der Waals surface area contributed by atoms with Crippen molar-refractivity contribution in [3.05, 3.63) is 53.3 Å². The quantitative estimate of drug-likeness (QED) is 0.649. The molecule has 0 radical (unpaired) electrons. The number of nitrogens with zero attached hydrogens (tertiary/aromatic N) is 5. The Morgan fingerprint density at radius 1 is 1.03 bits per heavy atom. The number of halogens is 3. The Morgan fingerprint density at radius 3 is 2.42 bits per heavy atom. The molecule has 172 valence electrons. The van der Waals surface area contributed by atoms with Crippen molar-refractivity contribution in [3.63, 3.8) is 0 Å². The molecule has 1 N–H and O–H groups in total. The molecule has 0 spiro atoms. The number of fused-ring (bicyclic) bond motifs is 2. The van der Waals surface area contributed by atoms with Crippen LogP contribution in [-0.4, -0.2) is 68.2 Å². The number of alkyl halides is 3. The average Bonchev–Trinajstić information content (AvgIpc) is 3.50. The van der Waals surface area contributed by atoms with E-state index in [-0.39, 0.29) is 36.5 Å². The van der Waals surface area contributed by atoms with Crippen molar-refractivity contribution in [1.29, 1.82) is 0 Å². The summed E-state index contributed by atoms with van der Waals surface area (Å²) in [6.45, 7) is 2.33. The van der Waals surface area contributed by atoms with E-state index in [1.165, 1.54) is 6.07 Å². The molecule has 2 aromatic heterocycles. The van der Waals surface area contributed by atoms with Crippen molar-refractivity contribution >= 4 is 22.8 Å². The van der Waals surface area contributed by atoms with Crippen molar-refractivity contribution in [2.24, 2.45) is 11.8 Å². The monoisotopic (exact) mass is 458 g/mol. The van der Waals surface area contributed by atoms with Crippen LogP contribution in [-0.2, 0) is 17.4 Å². The number of amides is 2. The van der Waals surface area contributed by atoms with Crippen LogP contribution < -0.4 is 0 Å². The second-order valence-electron chi connectivity index (χ2n) is 8.61. The summed E-state index contributed by atoms with van der Waals surface area (Å²) in [5, 5.41) is 10.4. The number of pyridine rings is 1. The van der Waals surface area contributed by atoms with Gasteiger partial charge in [-0.25, -0.2) is 0 Å². The predicted octanol–water partition coefficient (Wildman–Crippen LogP) is 2.53. The molecular weight excluding hydrogens is 437 g/mol. The highest BCUT2D eigenvalue weighted by Gasteiger charge is 2.43. The van der Waals surface area contributed by atoms with Gasteiger partial charge < -0.3 is 9.80 Å². The van der Waals surface area contributed by atoms with E-state index in [0.717, 1.165) is 17.8 Å². The van der Waals surface area contributed by atoms with Gasteiger partial charge in [-0.15, -0.1) is 5.10 Å². The maximum atomic E-state index is 12.9. The molecule has 11 heteroatoms. The van der Waals surface area contributed by atoms with Gasteiger partial charge in [0.15, 0.2) is 0 Å². The molecule has 0 saturated carbocycles. The molecule has 1 aromatic carbocycles. The second kappa shape index (κ2) is 8.13. The van der Waals surface area contributed by atoms with Crippen molar-refractivity contribution in [3.8, 4) is 0 Å². The molecule has 4 heterocycles. The lowest BCUT2D eigenvalue weighted by atomic mass is 10.0. The highest BCUT2D eigenvalue weighted by molar-refractivity contribution is 5.97. The van der Waals surface area contributed by atoms with Gasteiger partial charge in [-0.3, -0.25) is 19.7 Å². The van der Waals surface area contributed by atoms with Crippen molar-refractivity contribution in [2.75, 3.05) is 26.2 Å². The Hall–Kier alpha value is -3.50.